The van der Waals surface area contributed by atoms with E-state index in [1.807, 2.05) is 0 Å². The Morgan fingerprint density at radius 2 is 1.86 bits per heavy atom. The number of anilines is 3. The van der Waals surface area contributed by atoms with Crippen LogP contribution in [0.4, 0.5) is 21.5 Å². The molecule has 0 saturated carbocycles. The van der Waals surface area contributed by atoms with Crippen LogP contribution in [0.5, 0.6) is 5.75 Å². The van der Waals surface area contributed by atoms with Crippen molar-refractivity contribution in [1.82, 2.24) is 0 Å². The number of sulfonamides is 1. The summed E-state index contributed by atoms with van der Waals surface area (Å²) in [5.41, 5.74) is 5.97. The summed E-state index contributed by atoms with van der Waals surface area (Å²) in [5, 5.41) is 7.81. The highest BCUT2D eigenvalue weighted by Crippen LogP contribution is 2.29. The third-order valence-corrected chi connectivity index (χ3v) is 3.71. The van der Waals surface area contributed by atoms with Crippen molar-refractivity contribution < 1.29 is 17.5 Å². The maximum Gasteiger partial charge on any atom is 0.240 e. The van der Waals surface area contributed by atoms with Crippen molar-refractivity contribution in [3.63, 3.8) is 0 Å². The molecule has 21 heavy (non-hydrogen) atoms. The fraction of sp³-hybridized carbons (Fsp3) is 0.0769. The second-order valence-electron chi connectivity index (χ2n) is 4.27. The molecule has 0 unspecified atom stereocenters. The van der Waals surface area contributed by atoms with Crippen LogP contribution in [-0.4, -0.2) is 15.5 Å². The lowest BCUT2D eigenvalue weighted by Crippen LogP contribution is -2.14. The van der Waals surface area contributed by atoms with Gasteiger partial charge in [-0.15, -0.1) is 0 Å². The van der Waals surface area contributed by atoms with Gasteiger partial charge in [0.1, 0.15) is 16.5 Å². The number of methoxy groups -OCH3 is 1. The van der Waals surface area contributed by atoms with E-state index >= 15 is 0 Å². The van der Waals surface area contributed by atoms with Crippen LogP contribution in [0.3, 0.4) is 0 Å². The van der Waals surface area contributed by atoms with Gasteiger partial charge in [-0.25, -0.2) is 17.9 Å². The molecule has 0 aromatic heterocycles. The second-order valence-corrected chi connectivity index (χ2v) is 5.80. The van der Waals surface area contributed by atoms with E-state index in [9.17, 15) is 12.8 Å². The number of nitrogens with two attached hydrogens (primary N) is 2. The third-order valence-electron chi connectivity index (χ3n) is 2.76. The van der Waals surface area contributed by atoms with E-state index in [2.05, 4.69) is 5.32 Å². The zero-order valence-electron chi connectivity index (χ0n) is 11.1. The fourth-order valence-electron chi connectivity index (χ4n) is 1.75. The highest BCUT2D eigenvalue weighted by molar-refractivity contribution is 7.89. The molecule has 6 nitrogen and oxygen atoms in total. The first-order chi connectivity index (χ1) is 9.81. The van der Waals surface area contributed by atoms with Crippen LogP contribution in [0.15, 0.2) is 41.3 Å². The maximum atomic E-state index is 13.8. The molecular formula is C13H14FN3O3S. The number of nitrogen functional groups attached to an aromatic ring is 1. The van der Waals surface area contributed by atoms with E-state index in [1.54, 1.807) is 0 Å². The average molecular weight is 311 g/mol. The van der Waals surface area contributed by atoms with E-state index in [4.69, 9.17) is 15.6 Å². The van der Waals surface area contributed by atoms with Crippen LogP contribution in [0, 0.1) is 5.82 Å². The van der Waals surface area contributed by atoms with E-state index in [0.29, 0.717) is 5.75 Å². The minimum Gasteiger partial charge on any atom is -0.497 e. The standard InChI is InChI=1S/C13H14FN3O3S/c1-20-9-3-4-10(14)12(7-9)17-11-5-2-8(15)6-13(11)21(16,18)19/h2-7,17H,15H2,1H3,(H2,16,18,19). The molecule has 8 heteroatoms. The van der Waals surface area contributed by atoms with E-state index in [-0.39, 0.29) is 22.0 Å². The SMILES string of the molecule is COc1ccc(F)c(Nc2ccc(N)cc2S(N)(=O)=O)c1. The van der Waals surface area contributed by atoms with Gasteiger partial charge in [0, 0.05) is 11.8 Å². The molecule has 0 saturated heterocycles. The molecule has 112 valence electrons. The molecular weight excluding hydrogens is 297 g/mol. The smallest absolute Gasteiger partial charge is 0.240 e. The van der Waals surface area contributed by atoms with Gasteiger partial charge < -0.3 is 15.8 Å². The summed E-state index contributed by atoms with van der Waals surface area (Å²) in [6, 6.07) is 8.15. The first-order valence-corrected chi connectivity index (χ1v) is 7.39. The van der Waals surface area contributed by atoms with Crippen molar-refractivity contribution in [2.75, 3.05) is 18.2 Å². The van der Waals surface area contributed by atoms with Crippen molar-refractivity contribution in [3.05, 3.63) is 42.2 Å². The molecule has 0 bridgehead atoms. The summed E-state index contributed by atoms with van der Waals surface area (Å²) in [6.45, 7) is 0. The molecule has 0 spiro atoms. The predicted octanol–water partition coefficient (Wildman–Crippen LogP) is 1.81. The lowest BCUT2D eigenvalue weighted by molar-refractivity contribution is 0.414. The van der Waals surface area contributed by atoms with Crippen LogP contribution in [0.1, 0.15) is 0 Å². The summed E-state index contributed by atoms with van der Waals surface area (Å²) < 4.78 is 41.9. The molecule has 0 aliphatic heterocycles. The molecule has 0 atom stereocenters. The predicted molar refractivity (Wildman–Crippen MR) is 78.5 cm³/mol. The summed E-state index contributed by atoms with van der Waals surface area (Å²) in [6.07, 6.45) is 0. The lowest BCUT2D eigenvalue weighted by atomic mass is 10.2. The Bertz CT molecular complexity index is 778. The number of ether oxygens (including phenoxy) is 1. The first kappa shape index (κ1) is 15.1. The number of rotatable bonds is 4. The maximum absolute atomic E-state index is 13.8. The zero-order chi connectivity index (χ0) is 15.6. The molecule has 0 amide bonds. The van der Waals surface area contributed by atoms with Gasteiger partial charge in [-0.05, 0) is 30.3 Å². The number of hydrogen-bond donors (Lipinski definition) is 3. The lowest BCUT2D eigenvalue weighted by Gasteiger charge is -2.13. The Kier molecular flexibility index (Phi) is 4.01. The number of hydrogen-bond acceptors (Lipinski definition) is 5. The molecule has 0 aliphatic carbocycles. The molecule has 0 radical (unpaired) electrons. The van der Waals surface area contributed by atoms with E-state index in [1.165, 1.54) is 43.5 Å². The summed E-state index contributed by atoms with van der Waals surface area (Å²) in [7, 11) is -2.56. The van der Waals surface area contributed by atoms with Crippen LogP contribution in [0.2, 0.25) is 0 Å². The summed E-state index contributed by atoms with van der Waals surface area (Å²) in [4.78, 5) is -0.218. The Balaban J connectivity index is 2.50. The Hall–Kier alpha value is -2.32. The monoisotopic (exact) mass is 311 g/mol. The molecule has 0 fully saturated rings. The Morgan fingerprint density at radius 3 is 2.48 bits per heavy atom. The topological polar surface area (TPSA) is 107 Å². The molecule has 2 rings (SSSR count). The van der Waals surface area contributed by atoms with Crippen LogP contribution in [-0.2, 0) is 10.0 Å². The Labute approximate surface area is 121 Å². The van der Waals surface area contributed by atoms with Gasteiger partial charge in [0.15, 0.2) is 0 Å². The largest absolute Gasteiger partial charge is 0.497 e. The second kappa shape index (κ2) is 5.58. The molecule has 0 heterocycles. The highest BCUT2D eigenvalue weighted by Gasteiger charge is 2.16. The van der Waals surface area contributed by atoms with E-state index < -0.39 is 15.8 Å². The van der Waals surface area contributed by atoms with Gasteiger partial charge in [-0.1, -0.05) is 0 Å². The zero-order valence-corrected chi connectivity index (χ0v) is 11.9. The minimum absolute atomic E-state index is 0.0593. The number of benzene rings is 2. The molecule has 2 aromatic carbocycles. The van der Waals surface area contributed by atoms with Gasteiger partial charge in [0.25, 0.3) is 0 Å². The third kappa shape index (κ3) is 3.41. The molecule has 5 N–H and O–H groups in total. The highest BCUT2D eigenvalue weighted by atomic mass is 32.2. The van der Waals surface area contributed by atoms with Crippen molar-refractivity contribution in [3.8, 4) is 5.75 Å². The van der Waals surface area contributed by atoms with Crippen molar-refractivity contribution in [2.45, 2.75) is 4.90 Å². The van der Waals surface area contributed by atoms with Gasteiger partial charge in [0.05, 0.1) is 18.5 Å². The van der Waals surface area contributed by atoms with Crippen LogP contribution < -0.4 is 20.9 Å². The average Bonchev–Trinajstić information content (AvgIpc) is 2.42. The number of halogens is 1. The quantitative estimate of drug-likeness (QED) is 0.746. The van der Waals surface area contributed by atoms with Crippen molar-refractivity contribution >= 4 is 27.1 Å². The Morgan fingerprint density at radius 1 is 1.14 bits per heavy atom. The first-order valence-electron chi connectivity index (χ1n) is 5.84. The molecule has 0 aliphatic rings. The van der Waals surface area contributed by atoms with Crippen LogP contribution >= 0.6 is 0 Å². The van der Waals surface area contributed by atoms with Gasteiger partial charge >= 0.3 is 0 Å². The van der Waals surface area contributed by atoms with Crippen molar-refractivity contribution in [1.29, 1.82) is 0 Å². The van der Waals surface area contributed by atoms with Gasteiger partial charge in [-0.3, -0.25) is 0 Å². The fourth-order valence-corrected chi connectivity index (χ4v) is 2.48. The van der Waals surface area contributed by atoms with Gasteiger partial charge in [0.2, 0.25) is 10.0 Å². The van der Waals surface area contributed by atoms with Gasteiger partial charge in [-0.2, -0.15) is 0 Å². The molecule has 2 aromatic rings. The summed E-state index contributed by atoms with van der Waals surface area (Å²) >= 11 is 0. The minimum atomic E-state index is -4.00. The van der Waals surface area contributed by atoms with Crippen LogP contribution in [0.25, 0.3) is 0 Å². The number of primary sulfonamides is 1. The van der Waals surface area contributed by atoms with E-state index in [0.717, 1.165) is 0 Å². The number of nitrogens with one attached hydrogen (secondary N) is 1. The van der Waals surface area contributed by atoms with Crippen molar-refractivity contribution in [2.24, 2.45) is 5.14 Å². The summed E-state index contributed by atoms with van der Waals surface area (Å²) in [5.74, 6) is -0.139. The normalized spacial score (nSPS) is 11.2.